The van der Waals surface area contributed by atoms with E-state index in [-0.39, 0.29) is 11.8 Å². The number of carbonyl (C=O) groups excluding carboxylic acids is 1. The van der Waals surface area contributed by atoms with E-state index in [1.807, 2.05) is 37.3 Å². The second-order valence-corrected chi connectivity index (χ2v) is 9.02. The number of nitrogens with one attached hydrogen (secondary N) is 1. The van der Waals surface area contributed by atoms with Crippen LogP contribution in [0, 0.1) is 6.92 Å². The molecule has 0 aliphatic carbocycles. The van der Waals surface area contributed by atoms with E-state index in [2.05, 4.69) is 5.32 Å². The van der Waals surface area contributed by atoms with E-state index in [1.54, 1.807) is 32.0 Å². The van der Waals surface area contributed by atoms with Gasteiger partial charge in [0.05, 0.1) is 11.9 Å². The van der Waals surface area contributed by atoms with Crippen LogP contribution in [0.5, 0.6) is 0 Å². The zero-order valence-corrected chi connectivity index (χ0v) is 17.5. The molecule has 0 bridgehead atoms. The Kier molecular flexibility index (Phi) is 6.89. The summed E-state index contributed by atoms with van der Waals surface area (Å²) in [7, 11) is -3.68. The molecule has 0 spiro atoms. The van der Waals surface area contributed by atoms with Crippen molar-refractivity contribution in [2.45, 2.75) is 32.7 Å². The Bertz CT molecular complexity index is 901. The van der Waals surface area contributed by atoms with Crippen molar-refractivity contribution in [3.63, 3.8) is 0 Å². The predicted octanol–water partition coefficient (Wildman–Crippen LogP) is 3.72. The van der Waals surface area contributed by atoms with Crippen LogP contribution >= 0.6 is 11.6 Å². The van der Waals surface area contributed by atoms with E-state index in [0.717, 1.165) is 21.7 Å². The van der Waals surface area contributed by atoms with Crippen molar-refractivity contribution in [1.29, 1.82) is 0 Å². The van der Waals surface area contributed by atoms with Crippen LogP contribution in [0.4, 0.5) is 5.69 Å². The summed E-state index contributed by atoms with van der Waals surface area (Å²) < 4.78 is 25.9. The molecule has 1 amide bonds. The Balaban J connectivity index is 2.19. The molecule has 2 aromatic rings. The minimum Gasteiger partial charge on any atom is -0.354 e. The molecule has 146 valence electrons. The molecule has 0 saturated heterocycles. The lowest BCUT2D eigenvalue weighted by atomic mass is 10.0. The van der Waals surface area contributed by atoms with Gasteiger partial charge in [0, 0.05) is 11.6 Å². The third-order valence-corrected chi connectivity index (χ3v) is 5.91. The van der Waals surface area contributed by atoms with Crippen molar-refractivity contribution >= 4 is 33.2 Å². The van der Waals surface area contributed by atoms with Crippen molar-refractivity contribution in [3.8, 4) is 0 Å². The van der Waals surface area contributed by atoms with Crippen molar-refractivity contribution in [2.75, 3.05) is 17.1 Å². The normalized spacial score (nSPS) is 13.7. The van der Waals surface area contributed by atoms with Crippen molar-refractivity contribution in [2.24, 2.45) is 0 Å². The van der Waals surface area contributed by atoms with E-state index in [4.69, 9.17) is 11.6 Å². The Hall–Kier alpha value is -2.05. The van der Waals surface area contributed by atoms with Crippen molar-refractivity contribution in [3.05, 3.63) is 64.7 Å². The largest absolute Gasteiger partial charge is 0.354 e. The first-order valence-electron chi connectivity index (χ1n) is 8.69. The first-order chi connectivity index (χ1) is 12.6. The maximum atomic E-state index is 12.7. The summed E-state index contributed by atoms with van der Waals surface area (Å²) in [5.41, 5.74) is 2.24. The molecule has 0 radical (unpaired) electrons. The van der Waals surface area contributed by atoms with E-state index < -0.39 is 16.1 Å². The lowest BCUT2D eigenvalue weighted by Gasteiger charge is -2.30. The van der Waals surface area contributed by atoms with Crippen LogP contribution < -0.4 is 9.62 Å². The number of sulfonamides is 1. The molecular formula is C20H25ClN2O3S. The van der Waals surface area contributed by atoms with Gasteiger partial charge in [-0.05, 0) is 43.0 Å². The number of amides is 1. The van der Waals surface area contributed by atoms with Gasteiger partial charge in [-0.25, -0.2) is 8.42 Å². The summed E-state index contributed by atoms with van der Waals surface area (Å²) in [6.07, 6.45) is 1.09. The summed E-state index contributed by atoms with van der Waals surface area (Å²) in [5.74, 6) is -0.246. The highest BCUT2D eigenvalue weighted by Crippen LogP contribution is 2.28. The van der Waals surface area contributed by atoms with Gasteiger partial charge in [0.25, 0.3) is 0 Å². The fourth-order valence-electron chi connectivity index (χ4n) is 2.90. The molecule has 0 aliphatic rings. The average Bonchev–Trinajstić information content (AvgIpc) is 2.62. The summed E-state index contributed by atoms with van der Waals surface area (Å²) in [5, 5.41) is 3.27. The van der Waals surface area contributed by atoms with Crippen molar-refractivity contribution in [1.82, 2.24) is 5.32 Å². The SMILES string of the molecule is Cc1ccc(Cl)cc1N([C@H](C)C(=O)NC[C@@H](C)c1ccccc1)S(C)(=O)=O. The molecule has 7 heteroatoms. The van der Waals surface area contributed by atoms with Crippen LogP contribution in [0.1, 0.15) is 30.9 Å². The molecular weight excluding hydrogens is 384 g/mol. The molecule has 0 aromatic heterocycles. The van der Waals surface area contributed by atoms with Gasteiger partial charge in [0.15, 0.2) is 0 Å². The number of benzene rings is 2. The van der Waals surface area contributed by atoms with E-state index in [9.17, 15) is 13.2 Å². The molecule has 2 aromatic carbocycles. The summed E-state index contributed by atoms with van der Waals surface area (Å²) >= 11 is 6.04. The summed E-state index contributed by atoms with van der Waals surface area (Å²) in [4.78, 5) is 12.7. The topological polar surface area (TPSA) is 66.5 Å². The second kappa shape index (κ2) is 8.76. The number of carbonyl (C=O) groups is 1. The third-order valence-electron chi connectivity index (χ3n) is 4.45. The molecule has 27 heavy (non-hydrogen) atoms. The number of anilines is 1. The number of hydrogen-bond acceptors (Lipinski definition) is 3. The van der Waals surface area contributed by atoms with Gasteiger partial charge >= 0.3 is 0 Å². The number of rotatable bonds is 7. The molecule has 0 heterocycles. The zero-order valence-electron chi connectivity index (χ0n) is 15.9. The highest BCUT2D eigenvalue weighted by molar-refractivity contribution is 7.92. The van der Waals surface area contributed by atoms with Gasteiger partial charge in [-0.15, -0.1) is 0 Å². The summed E-state index contributed by atoms with van der Waals surface area (Å²) in [6.45, 7) is 5.78. The molecule has 2 rings (SSSR count). The molecule has 0 fully saturated rings. The smallest absolute Gasteiger partial charge is 0.243 e. The highest BCUT2D eigenvalue weighted by atomic mass is 35.5. The quantitative estimate of drug-likeness (QED) is 0.759. The summed E-state index contributed by atoms with van der Waals surface area (Å²) in [6, 6.07) is 13.9. The molecule has 0 saturated carbocycles. The standard InChI is InChI=1S/C20H25ClN2O3S/c1-14-10-11-18(21)12-19(14)23(27(4,25)26)16(3)20(24)22-13-15(2)17-8-6-5-7-9-17/h5-12,15-16H,13H2,1-4H3,(H,22,24)/t15-,16-/m1/s1. The van der Waals surface area contributed by atoms with Crippen LogP contribution in [0.2, 0.25) is 5.02 Å². The molecule has 0 aliphatic heterocycles. The Morgan fingerprint density at radius 2 is 1.78 bits per heavy atom. The second-order valence-electron chi connectivity index (χ2n) is 6.72. The van der Waals surface area contributed by atoms with Crippen LogP contribution in [0.25, 0.3) is 0 Å². The minimum absolute atomic E-state index is 0.113. The van der Waals surface area contributed by atoms with Gasteiger partial charge in [0.1, 0.15) is 6.04 Å². The molecule has 1 N–H and O–H groups in total. The third kappa shape index (κ3) is 5.47. The van der Waals surface area contributed by atoms with Crippen LogP contribution in [0.3, 0.4) is 0 Å². The minimum atomic E-state index is -3.68. The first-order valence-corrected chi connectivity index (χ1v) is 10.9. The highest BCUT2D eigenvalue weighted by Gasteiger charge is 2.30. The first kappa shape index (κ1) is 21.3. The fourth-order valence-corrected chi connectivity index (χ4v) is 4.29. The predicted molar refractivity (Wildman–Crippen MR) is 111 cm³/mol. The number of halogens is 1. The van der Waals surface area contributed by atoms with Gasteiger partial charge < -0.3 is 5.32 Å². The van der Waals surface area contributed by atoms with Gasteiger partial charge in [-0.1, -0.05) is 54.9 Å². The number of nitrogens with zero attached hydrogens (tertiary/aromatic N) is 1. The van der Waals surface area contributed by atoms with Crippen molar-refractivity contribution < 1.29 is 13.2 Å². The Labute approximate surface area is 166 Å². The maximum Gasteiger partial charge on any atom is 0.243 e. The fraction of sp³-hybridized carbons (Fsp3) is 0.350. The lowest BCUT2D eigenvalue weighted by Crippen LogP contribution is -2.48. The van der Waals surface area contributed by atoms with E-state index >= 15 is 0 Å². The Morgan fingerprint density at radius 3 is 2.37 bits per heavy atom. The molecule has 2 atom stereocenters. The molecule has 5 nitrogen and oxygen atoms in total. The van der Waals surface area contributed by atoms with E-state index in [1.165, 1.54) is 0 Å². The Morgan fingerprint density at radius 1 is 1.15 bits per heavy atom. The zero-order chi connectivity index (χ0) is 20.2. The van der Waals surface area contributed by atoms with Crippen LogP contribution in [-0.2, 0) is 14.8 Å². The monoisotopic (exact) mass is 408 g/mol. The lowest BCUT2D eigenvalue weighted by molar-refractivity contribution is -0.121. The van der Waals surface area contributed by atoms with Gasteiger partial charge in [-0.3, -0.25) is 9.10 Å². The number of hydrogen-bond donors (Lipinski definition) is 1. The average molecular weight is 409 g/mol. The van der Waals surface area contributed by atoms with Crippen LogP contribution in [-0.4, -0.2) is 33.2 Å². The van der Waals surface area contributed by atoms with Gasteiger partial charge in [-0.2, -0.15) is 0 Å². The maximum absolute atomic E-state index is 12.7. The van der Waals surface area contributed by atoms with E-state index in [0.29, 0.717) is 17.3 Å². The molecule has 0 unspecified atom stereocenters. The van der Waals surface area contributed by atoms with Gasteiger partial charge in [0.2, 0.25) is 15.9 Å². The number of aryl methyl sites for hydroxylation is 1. The van der Waals surface area contributed by atoms with Crippen LogP contribution in [0.15, 0.2) is 48.5 Å².